The van der Waals surface area contributed by atoms with E-state index in [1.165, 1.54) is 0 Å². The summed E-state index contributed by atoms with van der Waals surface area (Å²) in [6.45, 7) is 0. The third kappa shape index (κ3) is 3.42. The molecule has 0 unspecified atom stereocenters. The fraction of sp³-hybridized carbons (Fsp3) is 0. The van der Waals surface area contributed by atoms with E-state index in [-0.39, 0.29) is 0 Å². The minimum absolute atomic E-state index is 0.902. The van der Waals surface area contributed by atoms with Gasteiger partial charge < -0.3 is 0 Å². The molecule has 0 bridgehead atoms. The van der Waals surface area contributed by atoms with Crippen LogP contribution in [0.2, 0.25) is 0 Å². The molecule has 0 saturated heterocycles. The second-order valence-corrected chi connectivity index (χ2v) is 6.07. The molecule has 0 aliphatic rings. The molecule has 10 heavy (non-hydrogen) atoms. The molecule has 0 heterocycles. The van der Waals surface area contributed by atoms with E-state index in [4.69, 9.17) is 15.0 Å². The van der Waals surface area contributed by atoms with Crippen molar-refractivity contribution in [2.75, 3.05) is 0 Å². The third-order valence-electron chi connectivity index (χ3n) is 0.450. The van der Waals surface area contributed by atoms with Gasteiger partial charge in [-0.1, -0.05) is 0 Å². The molecule has 0 fully saturated rings. The van der Waals surface area contributed by atoms with Crippen molar-refractivity contribution in [1.82, 2.24) is 5.20 Å². The molecule has 0 aromatic heterocycles. The Hall–Kier alpha value is -0.610. The van der Waals surface area contributed by atoms with Gasteiger partial charge in [0.15, 0.2) is 0 Å². The van der Waals surface area contributed by atoms with Gasteiger partial charge in [-0.15, -0.1) is 0 Å². The monoisotopic (exact) mass is 185 g/mol. The normalized spacial score (nSPS) is 14.4. The number of hydrogen-bond donors (Lipinski definition) is 4. The fourth-order valence-electron chi connectivity index (χ4n) is 0.173. The summed E-state index contributed by atoms with van der Waals surface area (Å²) in [5, 5.41) is 17.3. The first kappa shape index (κ1) is 9.39. The zero-order chi connectivity index (χ0) is 8.44. The number of nitriles is 1. The van der Waals surface area contributed by atoms with Gasteiger partial charge in [-0.05, 0) is 0 Å². The van der Waals surface area contributed by atoms with E-state index in [9.17, 15) is 10.1 Å². The Morgan fingerprint density at radius 2 is 2.20 bits per heavy atom. The molecule has 0 rings (SSSR count). The van der Waals surface area contributed by atoms with Crippen molar-refractivity contribution < 1.29 is 14.8 Å². The fourth-order valence-corrected chi connectivity index (χ4v) is 0.737. The van der Waals surface area contributed by atoms with Crippen molar-refractivity contribution in [3.8, 4) is 5.81 Å². The second kappa shape index (κ2) is 2.21. The summed E-state index contributed by atoms with van der Waals surface area (Å²) in [5.74, 6) is 0.902. The Morgan fingerprint density at radius 3 is 2.30 bits per heavy atom. The summed E-state index contributed by atoms with van der Waals surface area (Å²) < 4.78 is 0. The Balaban J connectivity index is 4.44. The molecule has 9 heteroatoms. The van der Waals surface area contributed by atoms with Gasteiger partial charge in [0.05, 0.1) is 0 Å². The molecule has 0 aliphatic carbocycles. The average Bonchev–Trinajstić information content (AvgIpc) is 1.61. The average molecular weight is 185 g/mol. The zero-order valence-electron chi connectivity index (χ0n) is 4.50. The Morgan fingerprint density at radius 1 is 1.80 bits per heavy atom. The molecular weight excluding hydrogens is 181 g/mol. The van der Waals surface area contributed by atoms with Crippen LogP contribution in [0.15, 0.2) is 0 Å². The number of nitrogens with one attached hydrogen (secondary N) is 1. The van der Waals surface area contributed by atoms with Crippen LogP contribution in [0.1, 0.15) is 0 Å². The molecule has 0 amide bonds. The summed E-state index contributed by atoms with van der Waals surface area (Å²) >= 11 is 3.01. The molecule has 0 atom stereocenters. The summed E-state index contributed by atoms with van der Waals surface area (Å²) in [6, 6.07) is 0. The standard InChI is InChI=1S/CH4N3O4PS/c2-1-9(7,8,10)3-4(5)6/h3,7-8,10H. The molecule has 58 valence electrons. The molecule has 0 spiro atoms. The van der Waals surface area contributed by atoms with Crippen molar-refractivity contribution in [2.24, 2.45) is 0 Å². The van der Waals surface area contributed by atoms with Gasteiger partial charge in [-0.2, -0.15) is 0 Å². The third-order valence-corrected chi connectivity index (χ3v) is 1.89. The Labute approximate surface area is 60.7 Å². The van der Waals surface area contributed by atoms with Crippen LogP contribution in [0.25, 0.3) is 0 Å². The topological polar surface area (TPSA) is 119 Å². The van der Waals surface area contributed by atoms with Crippen LogP contribution in [0.3, 0.4) is 0 Å². The predicted octanol–water partition coefficient (Wildman–Crippen LogP) is -0.624. The number of hydrazine groups is 1. The number of nitrogens with zero attached hydrogens (tertiary/aromatic N) is 2. The molecular formula is CH4N3O4PS. The van der Waals surface area contributed by atoms with Gasteiger partial charge in [-0.3, -0.25) is 0 Å². The predicted molar refractivity (Wildman–Crippen MR) is 36.1 cm³/mol. The molecule has 7 nitrogen and oxygen atoms in total. The van der Waals surface area contributed by atoms with Gasteiger partial charge in [0.2, 0.25) is 0 Å². The van der Waals surface area contributed by atoms with Crippen LogP contribution < -0.4 is 5.20 Å². The van der Waals surface area contributed by atoms with Crippen molar-refractivity contribution in [1.29, 1.82) is 5.26 Å². The van der Waals surface area contributed by atoms with E-state index in [0.29, 0.717) is 0 Å². The first-order valence-electron chi connectivity index (χ1n) is 1.86. The zero-order valence-corrected chi connectivity index (χ0v) is 6.29. The summed E-state index contributed by atoms with van der Waals surface area (Å²) in [6.07, 6.45) is -5.15. The summed E-state index contributed by atoms with van der Waals surface area (Å²) in [5.41, 5.74) is 0. The first-order valence-corrected chi connectivity index (χ1v) is 5.15. The first-order chi connectivity index (χ1) is 4.24. The van der Waals surface area contributed by atoms with Crippen molar-refractivity contribution >= 4 is 18.7 Å². The van der Waals surface area contributed by atoms with Crippen LogP contribution in [-0.2, 0) is 0 Å². The van der Waals surface area contributed by atoms with E-state index in [1.54, 1.807) is 0 Å². The second-order valence-electron chi connectivity index (χ2n) is 1.44. The number of nitro groups is 1. The molecule has 3 N–H and O–H groups in total. The SMILES string of the molecule is N#CP(O)(O)(S)N[N+](=O)[O-]. The molecule has 0 aliphatic heterocycles. The van der Waals surface area contributed by atoms with Crippen molar-refractivity contribution in [3.05, 3.63) is 10.1 Å². The number of rotatable bonds is 2. The minimum atomic E-state index is -5.15. The maximum absolute atomic E-state index is 9.59. The van der Waals surface area contributed by atoms with Crippen molar-refractivity contribution in [2.45, 2.75) is 0 Å². The van der Waals surface area contributed by atoms with E-state index >= 15 is 0 Å². The molecule has 0 aromatic carbocycles. The summed E-state index contributed by atoms with van der Waals surface area (Å²) in [4.78, 5) is 26.8. The van der Waals surface area contributed by atoms with E-state index < -0.39 is 11.4 Å². The van der Waals surface area contributed by atoms with Gasteiger partial charge in [0, 0.05) is 0 Å². The van der Waals surface area contributed by atoms with Gasteiger partial charge >= 0.3 is 59.9 Å². The van der Waals surface area contributed by atoms with Crippen LogP contribution >= 0.6 is 18.7 Å². The Kier molecular flexibility index (Phi) is 2.08. The Bertz CT molecular complexity index is 201. The number of hydrogen-bond acceptors (Lipinski definition) is 6. The van der Waals surface area contributed by atoms with Crippen LogP contribution in [0.5, 0.6) is 0 Å². The quantitative estimate of drug-likeness (QED) is 0.197. The van der Waals surface area contributed by atoms with E-state index in [2.05, 4.69) is 12.2 Å². The van der Waals surface area contributed by atoms with Gasteiger partial charge in [-0.25, -0.2) is 0 Å². The molecule has 0 aromatic rings. The van der Waals surface area contributed by atoms with Crippen LogP contribution in [-0.4, -0.2) is 14.8 Å². The number of thiol groups is 1. The van der Waals surface area contributed by atoms with Crippen LogP contribution in [0.4, 0.5) is 0 Å². The molecule has 0 radical (unpaired) electrons. The van der Waals surface area contributed by atoms with Gasteiger partial charge in [0.25, 0.3) is 0 Å². The molecule has 0 saturated carbocycles. The van der Waals surface area contributed by atoms with Gasteiger partial charge in [0.1, 0.15) is 0 Å². The van der Waals surface area contributed by atoms with Crippen molar-refractivity contribution in [3.63, 3.8) is 0 Å². The summed E-state index contributed by atoms with van der Waals surface area (Å²) in [7, 11) is 0. The van der Waals surface area contributed by atoms with E-state index in [0.717, 1.165) is 11.0 Å². The van der Waals surface area contributed by atoms with Crippen LogP contribution in [0, 0.1) is 21.2 Å². The van der Waals surface area contributed by atoms with E-state index in [1.807, 2.05) is 0 Å². The maximum atomic E-state index is 9.59.